The molecule has 2 saturated carbocycles. The zero-order chi connectivity index (χ0) is 15.4. The Labute approximate surface area is 128 Å². The van der Waals surface area contributed by atoms with Crippen molar-refractivity contribution < 1.29 is 9.59 Å². The molecule has 0 radical (unpaired) electrons. The summed E-state index contributed by atoms with van der Waals surface area (Å²) in [6.07, 6.45) is 1.96. The molecule has 2 bridgehead atoms. The molecule has 1 spiro atoms. The van der Waals surface area contributed by atoms with Crippen LogP contribution in [-0.4, -0.2) is 16.6 Å². The van der Waals surface area contributed by atoms with E-state index >= 15 is 0 Å². The molecular weight excluding hydrogens is 284 g/mol. The van der Waals surface area contributed by atoms with Crippen molar-refractivity contribution in [3.05, 3.63) is 10.6 Å². The van der Waals surface area contributed by atoms with Crippen molar-refractivity contribution >= 4 is 28.0 Å². The van der Waals surface area contributed by atoms with Crippen molar-refractivity contribution in [2.75, 3.05) is 5.73 Å². The van der Waals surface area contributed by atoms with E-state index in [2.05, 4.69) is 25.8 Å². The molecule has 5 rings (SSSR count). The number of thiazole rings is 1. The summed E-state index contributed by atoms with van der Waals surface area (Å²) in [5, 5.41) is 0.476. The first-order chi connectivity index (χ1) is 9.70. The fourth-order valence-electron chi connectivity index (χ4n) is 5.44. The van der Waals surface area contributed by atoms with Crippen molar-refractivity contribution in [3.8, 4) is 0 Å². The van der Waals surface area contributed by atoms with Crippen molar-refractivity contribution in [1.82, 2.24) is 4.98 Å². The van der Waals surface area contributed by atoms with Crippen molar-refractivity contribution in [2.24, 2.45) is 17.3 Å². The third kappa shape index (κ3) is 1.05. The van der Waals surface area contributed by atoms with Crippen LogP contribution in [0.25, 0.3) is 0 Å². The Morgan fingerprint density at radius 2 is 1.86 bits per heavy atom. The Morgan fingerprint density at radius 1 is 1.19 bits per heavy atom. The van der Waals surface area contributed by atoms with Gasteiger partial charge < -0.3 is 5.73 Å². The molecule has 4 atom stereocenters. The van der Waals surface area contributed by atoms with Crippen LogP contribution in [0, 0.1) is 17.3 Å². The minimum atomic E-state index is -0.773. The lowest BCUT2D eigenvalue weighted by atomic mass is 9.39. The van der Waals surface area contributed by atoms with E-state index in [1.165, 1.54) is 11.3 Å². The fourth-order valence-corrected chi connectivity index (χ4v) is 6.66. The van der Waals surface area contributed by atoms with Gasteiger partial charge in [0.25, 0.3) is 0 Å². The van der Waals surface area contributed by atoms with Gasteiger partial charge >= 0.3 is 0 Å². The van der Waals surface area contributed by atoms with E-state index in [9.17, 15) is 9.59 Å². The van der Waals surface area contributed by atoms with Gasteiger partial charge in [0, 0.05) is 4.88 Å². The molecule has 1 aromatic heterocycles. The highest BCUT2D eigenvalue weighted by atomic mass is 32.1. The molecule has 1 aromatic rings. The van der Waals surface area contributed by atoms with Gasteiger partial charge in [-0.1, -0.05) is 20.8 Å². The molecule has 0 aliphatic heterocycles. The SMILES string of the molecule is C[C@@H]1CC[C@H]2C(C)(C)[C@@]3(C)C(=O)C(=O)[C@@]12c1nc(N)sc13. The number of carbonyl (C=O) groups excluding carboxylic acids is 2. The minimum Gasteiger partial charge on any atom is -0.375 e. The summed E-state index contributed by atoms with van der Waals surface area (Å²) in [6, 6.07) is 0. The average Bonchev–Trinajstić information content (AvgIpc) is 2.95. The van der Waals surface area contributed by atoms with E-state index in [4.69, 9.17) is 5.73 Å². The van der Waals surface area contributed by atoms with E-state index in [0.29, 0.717) is 5.13 Å². The highest BCUT2D eigenvalue weighted by Gasteiger charge is 2.77. The van der Waals surface area contributed by atoms with Crippen LogP contribution in [0.15, 0.2) is 0 Å². The van der Waals surface area contributed by atoms with E-state index < -0.39 is 10.8 Å². The van der Waals surface area contributed by atoms with Crippen LogP contribution < -0.4 is 5.73 Å². The van der Waals surface area contributed by atoms with E-state index in [1.807, 2.05) is 6.92 Å². The van der Waals surface area contributed by atoms with Crippen LogP contribution in [0.2, 0.25) is 0 Å². The van der Waals surface area contributed by atoms with Crippen LogP contribution >= 0.6 is 11.3 Å². The van der Waals surface area contributed by atoms with Crippen LogP contribution in [0.5, 0.6) is 0 Å². The number of hydrogen-bond acceptors (Lipinski definition) is 5. The lowest BCUT2D eigenvalue weighted by Gasteiger charge is -2.61. The van der Waals surface area contributed by atoms with Gasteiger partial charge in [-0.2, -0.15) is 0 Å². The predicted octanol–water partition coefficient (Wildman–Crippen LogP) is 2.46. The summed E-state index contributed by atoms with van der Waals surface area (Å²) in [6.45, 7) is 8.31. The fraction of sp³-hybridized carbons (Fsp3) is 0.688. The van der Waals surface area contributed by atoms with Crippen molar-refractivity contribution in [2.45, 2.75) is 51.4 Å². The highest BCUT2D eigenvalue weighted by Crippen LogP contribution is 2.71. The first-order valence-electron chi connectivity index (χ1n) is 7.56. The van der Waals surface area contributed by atoms with Crippen LogP contribution in [-0.2, 0) is 20.4 Å². The molecule has 21 heavy (non-hydrogen) atoms. The van der Waals surface area contributed by atoms with Crippen molar-refractivity contribution in [1.29, 1.82) is 0 Å². The average molecular weight is 304 g/mol. The molecule has 4 nitrogen and oxygen atoms in total. The highest BCUT2D eigenvalue weighted by molar-refractivity contribution is 7.16. The zero-order valence-electron chi connectivity index (χ0n) is 12.8. The summed E-state index contributed by atoms with van der Waals surface area (Å²) in [5.74, 6) is -0.0988. The topological polar surface area (TPSA) is 73.0 Å². The number of nitrogens with zero attached hydrogens (tertiary/aromatic N) is 1. The molecule has 2 N–H and O–H groups in total. The summed E-state index contributed by atoms with van der Waals surface area (Å²) >= 11 is 1.40. The number of nitrogens with two attached hydrogens (primary N) is 1. The number of fused-ring (bicyclic) bond motifs is 1. The van der Waals surface area contributed by atoms with Gasteiger partial charge in [-0.3, -0.25) is 9.59 Å². The number of anilines is 1. The third-order valence-electron chi connectivity index (χ3n) is 6.90. The van der Waals surface area contributed by atoms with Crippen LogP contribution in [0.3, 0.4) is 0 Å². The van der Waals surface area contributed by atoms with Gasteiger partial charge in [0.15, 0.2) is 5.13 Å². The Balaban J connectivity index is 2.19. The van der Waals surface area contributed by atoms with E-state index in [0.717, 1.165) is 23.4 Å². The molecule has 112 valence electrons. The third-order valence-corrected chi connectivity index (χ3v) is 8.01. The van der Waals surface area contributed by atoms with Crippen molar-refractivity contribution in [3.63, 3.8) is 0 Å². The summed E-state index contributed by atoms with van der Waals surface area (Å²) in [4.78, 5) is 31.5. The standard InChI is InChI=1S/C16H20N2O2S/c1-7-5-6-8-14(2,3)15(4)10(19)11(20)16(7,8)9-12(15)21-13(17)18-9/h7-8H,5-6H2,1-4H3,(H2,17,18)/t7-,8+,15+,16+/m1/s1. The number of rotatable bonds is 0. The number of hydrogen-bond donors (Lipinski definition) is 1. The predicted molar refractivity (Wildman–Crippen MR) is 81.2 cm³/mol. The maximum atomic E-state index is 13.0. The summed E-state index contributed by atoms with van der Waals surface area (Å²) in [7, 11) is 0. The molecule has 5 heteroatoms. The van der Waals surface area contributed by atoms with Gasteiger partial charge in [-0.15, -0.1) is 11.3 Å². The molecule has 0 unspecified atom stereocenters. The van der Waals surface area contributed by atoms with Gasteiger partial charge in [0.05, 0.1) is 16.5 Å². The second kappa shape index (κ2) is 3.40. The van der Waals surface area contributed by atoms with Crippen LogP contribution in [0.4, 0.5) is 5.13 Å². The summed E-state index contributed by atoms with van der Waals surface area (Å²) in [5.41, 5.74) is 5.05. The number of aromatic nitrogens is 1. The molecule has 0 aromatic carbocycles. The quantitative estimate of drug-likeness (QED) is 0.747. The van der Waals surface area contributed by atoms with Crippen LogP contribution in [0.1, 0.15) is 51.1 Å². The zero-order valence-corrected chi connectivity index (χ0v) is 13.6. The van der Waals surface area contributed by atoms with E-state index in [1.54, 1.807) is 0 Å². The molecule has 4 aliphatic rings. The first kappa shape index (κ1) is 13.4. The molecule has 0 saturated heterocycles. The largest absolute Gasteiger partial charge is 0.375 e. The molecular formula is C16H20N2O2S. The molecule has 1 heterocycles. The molecule has 4 aliphatic carbocycles. The Morgan fingerprint density at radius 3 is 2.52 bits per heavy atom. The number of Topliss-reactive ketones (excluding diaryl/α,β-unsaturated/α-hetero) is 2. The van der Waals surface area contributed by atoms with Gasteiger partial charge in [-0.05, 0) is 37.0 Å². The normalized spacial score (nSPS) is 43.0. The first-order valence-corrected chi connectivity index (χ1v) is 8.38. The minimum absolute atomic E-state index is 0.156. The monoisotopic (exact) mass is 304 g/mol. The molecule has 2 fully saturated rings. The molecule has 0 amide bonds. The Kier molecular flexibility index (Phi) is 2.17. The second-order valence-electron chi connectivity index (χ2n) is 7.63. The Bertz CT molecular complexity index is 707. The number of ketones is 2. The maximum absolute atomic E-state index is 13.0. The maximum Gasteiger partial charge on any atom is 0.212 e. The van der Waals surface area contributed by atoms with Gasteiger partial charge in [0.2, 0.25) is 11.6 Å². The number of nitrogen functional groups attached to an aromatic ring is 1. The Hall–Kier alpha value is -1.23. The smallest absolute Gasteiger partial charge is 0.212 e. The lowest BCUT2D eigenvalue weighted by molar-refractivity contribution is -0.160. The lowest BCUT2D eigenvalue weighted by Crippen LogP contribution is -2.71. The number of carbonyl (C=O) groups is 2. The summed E-state index contributed by atoms with van der Waals surface area (Å²) < 4.78 is 0. The van der Waals surface area contributed by atoms with Gasteiger partial charge in [-0.25, -0.2) is 4.98 Å². The second-order valence-corrected chi connectivity index (χ2v) is 8.67. The van der Waals surface area contributed by atoms with E-state index in [-0.39, 0.29) is 28.8 Å². The van der Waals surface area contributed by atoms with Gasteiger partial charge in [0.1, 0.15) is 0 Å².